The first-order valence-electron chi connectivity index (χ1n) is 8.73. The fraction of sp³-hybridized carbons (Fsp3) is 0.750. The lowest BCUT2D eigenvalue weighted by Gasteiger charge is -2.24. The zero-order valence-electron chi connectivity index (χ0n) is 16.0. The van der Waals surface area contributed by atoms with Crippen LogP contribution >= 0.6 is 0 Å². The Hall–Kier alpha value is -2.56. The molecule has 2 amide bonds. The van der Waals surface area contributed by atoms with Crippen molar-refractivity contribution in [2.75, 3.05) is 19.9 Å². The molecule has 27 heavy (non-hydrogen) atoms. The summed E-state index contributed by atoms with van der Waals surface area (Å²) in [7, 11) is 0. The van der Waals surface area contributed by atoms with Gasteiger partial charge in [0.2, 0.25) is 0 Å². The number of amides is 2. The van der Waals surface area contributed by atoms with Crippen molar-refractivity contribution in [2.45, 2.75) is 58.1 Å². The predicted molar refractivity (Wildman–Crippen MR) is 96.1 cm³/mol. The Morgan fingerprint density at radius 2 is 2.07 bits per heavy atom. The lowest BCUT2D eigenvalue weighted by atomic mass is 10.1. The van der Waals surface area contributed by atoms with Crippen LogP contribution in [0.5, 0.6) is 0 Å². The predicted octanol–water partition coefficient (Wildman–Crippen LogP) is -0.0120. The molecule has 1 heterocycles. The van der Waals surface area contributed by atoms with Crippen molar-refractivity contribution in [3.8, 4) is 0 Å². The molecule has 1 atom stereocenters. The molecule has 0 radical (unpaired) electrons. The largest absolute Gasteiger partial charge is 0.444 e. The van der Waals surface area contributed by atoms with Gasteiger partial charge in [0.1, 0.15) is 11.6 Å². The smallest absolute Gasteiger partial charge is 0.408 e. The zero-order chi connectivity index (χ0) is 20.4. The van der Waals surface area contributed by atoms with Crippen LogP contribution in [0.15, 0.2) is 4.99 Å². The summed E-state index contributed by atoms with van der Waals surface area (Å²) in [4.78, 5) is 45.4. The number of hydroxylamine groups is 2. The van der Waals surface area contributed by atoms with Crippen LogP contribution in [0, 0.1) is 0 Å². The number of ether oxygens (including phenoxy) is 2. The third-order valence-electron chi connectivity index (χ3n) is 3.29. The van der Waals surface area contributed by atoms with Crippen LogP contribution in [-0.4, -0.2) is 60.5 Å². The Bertz CT molecular complexity index is 556. The molecule has 1 aliphatic rings. The molecular weight excluding hydrogens is 358 g/mol. The first kappa shape index (κ1) is 22.5. The van der Waals surface area contributed by atoms with E-state index in [0.29, 0.717) is 19.4 Å². The van der Waals surface area contributed by atoms with Gasteiger partial charge in [0.05, 0.1) is 0 Å². The van der Waals surface area contributed by atoms with E-state index in [4.69, 9.17) is 25.8 Å². The summed E-state index contributed by atoms with van der Waals surface area (Å²) in [6.45, 7) is 5.62. The van der Waals surface area contributed by atoms with E-state index < -0.39 is 23.7 Å². The summed E-state index contributed by atoms with van der Waals surface area (Å²) in [5.74, 6) is -1.23. The molecule has 0 aromatic carbocycles. The SMILES string of the molecule is CC(C)(C)OC(=O)NC(CCCN=C(N)N)C(=O)ON1COCCCC1=O. The Balaban J connectivity index is 2.71. The molecule has 0 aliphatic carbocycles. The Kier molecular flexibility index (Phi) is 8.79. The zero-order valence-corrected chi connectivity index (χ0v) is 16.0. The van der Waals surface area contributed by atoms with Crippen molar-refractivity contribution >= 4 is 23.9 Å². The van der Waals surface area contributed by atoms with Crippen LogP contribution in [-0.2, 0) is 23.9 Å². The van der Waals surface area contributed by atoms with Gasteiger partial charge in [0, 0.05) is 19.6 Å². The summed E-state index contributed by atoms with van der Waals surface area (Å²) >= 11 is 0. The summed E-state index contributed by atoms with van der Waals surface area (Å²) in [6.07, 6.45) is 0.576. The topological polar surface area (TPSA) is 159 Å². The first-order chi connectivity index (χ1) is 12.6. The molecular formula is C16H29N5O6. The molecule has 0 aromatic heterocycles. The fourth-order valence-electron chi connectivity index (χ4n) is 2.12. The maximum atomic E-state index is 12.5. The number of nitrogens with two attached hydrogens (primary N) is 2. The molecule has 1 aliphatic heterocycles. The van der Waals surface area contributed by atoms with Crippen molar-refractivity contribution in [1.82, 2.24) is 10.4 Å². The molecule has 1 saturated heterocycles. The molecule has 11 heteroatoms. The minimum atomic E-state index is -1.04. The molecule has 1 fully saturated rings. The number of rotatable bonds is 7. The molecule has 0 saturated carbocycles. The van der Waals surface area contributed by atoms with Gasteiger partial charge in [-0.2, -0.15) is 0 Å². The number of hydrogen-bond donors (Lipinski definition) is 3. The lowest BCUT2D eigenvalue weighted by molar-refractivity contribution is -0.214. The van der Waals surface area contributed by atoms with Crippen molar-refractivity contribution in [1.29, 1.82) is 0 Å². The maximum absolute atomic E-state index is 12.5. The second kappa shape index (κ2) is 10.6. The van der Waals surface area contributed by atoms with E-state index in [-0.39, 0.29) is 38.0 Å². The van der Waals surface area contributed by atoms with Gasteiger partial charge < -0.3 is 31.1 Å². The van der Waals surface area contributed by atoms with Crippen molar-refractivity contribution in [3.05, 3.63) is 0 Å². The highest BCUT2D eigenvalue weighted by Crippen LogP contribution is 2.11. The second-order valence-corrected chi connectivity index (χ2v) is 6.97. The number of nitrogens with one attached hydrogen (secondary N) is 1. The minimum absolute atomic E-state index is 0.0680. The second-order valence-electron chi connectivity index (χ2n) is 6.97. The van der Waals surface area contributed by atoms with E-state index >= 15 is 0 Å². The van der Waals surface area contributed by atoms with Crippen molar-refractivity contribution < 1.29 is 28.7 Å². The van der Waals surface area contributed by atoms with Gasteiger partial charge in [-0.05, 0) is 40.0 Å². The molecule has 1 rings (SSSR count). The van der Waals surface area contributed by atoms with E-state index in [1.165, 1.54) is 0 Å². The van der Waals surface area contributed by atoms with E-state index in [1.54, 1.807) is 20.8 Å². The van der Waals surface area contributed by atoms with Crippen LogP contribution in [0.4, 0.5) is 4.79 Å². The minimum Gasteiger partial charge on any atom is -0.444 e. The number of carbonyl (C=O) groups is 3. The van der Waals surface area contributed by atoms with E-state index in [9.17, 15) is 14.4 Å². The quantitative estimate of drug-likeness (QED) is 0.312. The first-order valence-corrected chi connectivity index (χ1v) is 8.73. The van der Waals surface area contributed by atoms with E-state index in [2.05, 4.69) is 10.3 Å². The van der Waals surface area contributed by atoms with Gasteiger partial charge in [-0.15, -0.1) is 5.06 Å². The van der Waals surface area contributed by atoms with Crippen molar-refractivity contribution in [3.63, 3.8) is 0 Å². The monoisotopic (exact) mass is 387 g/mol. The summed E-state index contributed by atoms with van der Waals surface area (Å²) in [5.41, 5.74) is 9.79. The van der Waals surface area contributed by atoms with Crippen LogP contribution in [0.3, 0.4) is 0 Å². The number of guanidine groups is 1. The van der Waals surface area contributed by atoms with Gasteiger partial charge in [0.15, 0.2) is 12.7 Å². The number of carbonyl (C=O) groups excluding carboxylic acids is 3. The van der Waals surface area contributed by atoms with Crippen LogP contribution in [0.25, 0.3) is 0 Å². The molecule has 11 nitrogen and oxygen atoms in total. The third-order valence-corrected chi connectivity index (χ3v) is 3.29. The highest BCUT2D eigenvalue weighted by molar-refractivity contribution is 5.83. The normalized spacial score (nSPS) is 16.1. The molecule has 0 spiro atoms. The molecule has 5 N–H and O–H groups in total. The van der Waals surface area contributed by atoms with Crippen LogP contribution in [0.1, 0.15) is 46.5 Å². The van der Waals surface area contributed by atoms with Gasteiger partial charge in [-0.3, -0.25) is 9.79 Å². The third kappa shape index (κ3) is 9.64. The van der Waals surface area contributed by atoms with Gasteiger partial charge in [-0.25, -0.2) is 9.59 Å². The molecule has 154 valence electrons. The lowest BCUT2D eigenvalue weighted by Crippen LogP contribution is -2.47. The number of hydrogen-bond acceptors (Lipinski definition) is 7. The summed E-state index contributed by atoms with van der Waals surface area (Å²) in [6, 6.07) is -1.04. The maximum Gasteiger partial charge on any atom is 0.408 e. The average Bonchev–Trinajstić information content (AvgIpc) is 2.73. The summed E-state index contributed by atoms with van der Waals surface area (Å²) in [5, 5.41) is 3.31. The molecule has 0 bridgehead atoms. The Morgan fingerprint density at radius 1 is 1.37 bits per heavy atom. The fourth-order valence-corrected chi connectivity index (χ4v) is 2.12. The van der Waals surface area contributed by atoms with Crippen molar-refractivity contribution in [2.24, 2.45) is 16.5 Å². The Labute approximate surface area is 158 Å². The van der Waals surface area contributed by atoms with E-state index in [0.717, 1.165) is 5.06 Å². The van der Waals surface area contributed by atoms with E-state index in [1.807, 2.05) is 0 Å². The number of alkyl carbamates (subject to hydrolysis) is 1. The molecule has 1 unspecified atom stereocenters. The highest BCUT2D eigenvalue weighted by Gasteiger charge is 2.29. The van der Waals surface area contributed by atoms with Crippen LogP contribution < -0.4 is 16.8 Å². The van der Waals surface area contributed by atoms with Crippen LogP contribution in [0.2, 0.25) is 0 Å². The molecule has 0 aromatic rings. The average molecular weight is 387 g/mol. The van der Waals surface area contributed by atoms with Gasteiger partial charge in [-0.1, -0.05) is 0 Å². The highest BCUT2D eigenvalue weighted by atomic mass is 16.7. The Morgan fingerprint density at radius 3 is 2.70 bits per heavy atom. The summed E-state index contributed by atoms with van der Waals surface area (Å²) < 4.78 is 10.4. The van der Waals surface area contributed by atoms with Gasteiger partial charge >= 0.3 is 12.1 Å². The number of aliphatic imine (C=N–C) groups is 1. The van der Waals surface area contributed by atoms with Gasteiger partial charge in [0.25, 0.3) is 5.91 Å². The number of nitrogens with zero attached hydrogens (tertiary/aromatic N) is 2. The standard InChI is InChI=1S/C16H29N5O6/c1-16(2,3)26-15(24)20-11(6-4-8-19-14(17)18)13(23)27-21-10-25-9-5-7-12(21)22/h11H,4-10H2,1-3H3,(H,20,24)(H4,17,18,19).